The number of nitrogens with zero attached hydrogens (tertiary/aromatic N) is 3. The first-order valence-corrected chi connectivity index (χ1v) is 9.20. The summed E-state index contributed by atoms with van der Waals surface area (Å²) in [6.07, 6.45) is -3.08. The van der Waals surface area contributed by atoms with Crippen LogP contribution in [0.4, 0.5) is 30.6 Å². The monoisotopic (exact) mass is 432 g/mol. The van der Waals surface area contributed by atoms with Crippen molar-refractivity contribution in [1.82, 2.24) is 20.5 Å². The number of aromatic nitrogens is 3. The van der Waals surface area contributed by atoms with Gasteiger partial charge in [0.05, 0.1) is 0 Å². The van der Waals surface area contributed by atoms with Gasteiger partial charge in [-0.15, -0.1) is 23.4 Å². The number of halogens is 3. The minimum atomic E-state index is -4.77. The molecule has 0 atom stereocenters. The van der Waals surface area contributed by atoms with E-state index in [0.717, 1.165) is 17.7 Å². The predicted octanol–water partition coefficient (Wildman–Crippen LogP) is 3.66. The molecule has 3 N–H and O–H groups in total. The Labute approximate surface area is 175 Å². The number of hydrogen-bond acceptors (Lipinski definition) is 7. The van der Waals surface area contributed by atoms with Gasteiger partial charge >= 0.3 is 6.36 Å². The number of rotatable bonds is 8. The van der Waals surface area contributed by atoms with Gasteiger partial charge in [0.2, 0.25) is 0 Å². The molecule has 0 radical (unpaired) electrons. The summed E-state index contributed by atoms with van der Waals surface area (Å²) in [4.78, 5) is 16.2. The molecule has 2 heterocycles. The van der Waals surface area contributed by atoms with Gasteiger partial charge in [0.25, 0.3) is 5.91 Å². The lowest BCUT2D eigenvalue weighted by Gasteiger charge is -2.10. The maximum Gasteiger partial charge on any atom is 0.573 e. The molecule has 3 rings (SSSR count). The molecule has 0 bridgehead atoms. The molecule has 11 heteroatoms. The summed E-state index contributed by atoms with van der Waals surface area (Å²) in [7, 11) is 0. The average Bonchev–Trinajstić information content (AvgIpc) is 2.72. The second kappa shape index (κ2) is 9.74. The molecular formula is C20H19F3N6O2. The molecule has 8 nitrogen and oxygen atoms in total. The summed E-state index contributed by atoms with van der Waals surface area (Å²) < 4.78 is 40.2. The van der Waals surface area contributed by atoms with Gasteiger partial charge in [-0.25, -0.2) is 4.98 Å². The molecule has 0 saturated carbocycles. The lowest BCUT2D eigenvalue weighted by atomic mass is 10.2. The van der Waals surface area contributed by atoms with Crippen molar-refractivity contribution < 1.29 is 22.7 Å². The van der Waals surface area contributed by atoms with Crippen molar-refractivity contribution in [3.63, 3.8) is 0 Å². The molecule has 2 aromatic heterocycles. The summed E-state index contributed by atoms with van der Waals surface area (Å²) >= 11 is 0. The van der Waals surface area contributed by atoms with Crippen LogP contribution in [0.2, 0.25) is 0 Å². The number of carbonyl (C=O) groups excluding carboxylic acids is 1. The highest BCUT2D eigenvalue weighted by Gasteiger charge is 2.31. The SMILES string of the molecule is Cc1ccnc(Nc2ccc(NCCNC(=O)c3ccc(OC(F)(F)F)cc3)nn2)c1. The molecule has 0 aliphatic carbocycles. The smallest absolute Gasteiger partial charge is 0.406 e. The zero-order valence-corrected chi connectivity index (χ0v) is 16.4. The molecule has 162 valence electrons. The molecule has 31 heavy (non-hydrogen) atoms. The molecule has 3 aromatic rings. The Bertz CT molecular complexity index is 1010. The summed E-state index contributed by atoms with van der Waals surface area (Å²) in [5, 5.41) is 16.8. The largest absolute Gasteiger partial charge is 0.573 e. The van der Waals surface area contributed by atoms with Crippen molar-refractivity contribution in [3.8, 4) is 5.75 Å². The highest BCUT2D eigenvalue weighted by atomic mass is 19.4. The maximum atomic E-state index is 12.2. The van der Waals surface area contributed by atoms with E-state index in [1.165, 1.54) is 12.1 Å². The zero-order valence-electron chi connectivity index (χ0n) is 16.4. The molecule has 0 fully saturated rings. The number of alkyl halides is 3. The third-order valence-corrected chi connectivity index (χ3v) is 3.90. The summed E-state index contributed by atoms with van der Waals surface area (Å²) in [6.45, 7) is 2.61. The van der Waals surface area contributed by atoms with Crippen molar-refractivity contribution in [2.75, 3.05) is 23.7 Å². The minimum Gasteiger partial charge on any atom is -0.406 e. The Morgan fingerprint density at radius 1 is 0.968 bits per heavy atom. The van der Waals surface area contributed by atoms with E-state index in [-0.39, 0.29) is 17.9 Å². The normalized spacial score (nSPS) is 11.0. The zero-order chi connectivity index (χ0) is 22.3. The number of nitrogens with one attached hydrogen (secondary N) is 3. The van der Waals surface area contributed by atoms with E-state index in [4.69, 9.17) is 0 Å². The predicted molar refractivity (Wildman–Crippen MR) is 108 cm³/mol. The Morgan fingerprint density at radius 3 is 2.32 bits per heavy atom. The quantitative estimate of drug-likeness (QED) is 0.467. The highest BCUT2D eigenvalue weighted by molar-refractivity contribution is 5.94. The van der Waals surface area contributed by atoms with Gasteiger partial charge in [-0.1, -0.05) is 0 Å². The number of ether oxygens (including phenoxy) is 1. The van der Waals surface area contributed by atoms with E-state index in [0.29, 0.717) is 24.0 Å². The Morgan fingerprint density at radius 2 is 1.68 bits per heavy atom. The van der Waals surface area contributed by atoms with E-state index in [9.17, 15) is 18.0 Å². The Kier molecular flexibility index (Phi) is 6.85. The third-order valence-electron chi connectivity index (χ3n) is 3.90. The average molecular weight is 432 g/mol. The van der Waals surface area contributed by atoms with Gasteiger partial charge in [0.15, 0.2) is 5.82 Å². The summed E-state index contributed by atoms with van der Waals surface area (Å²) in [5.74, 6) is 0.910. The fourth-order valence-corrected chi connectivity index (χ4v) is 2.51. The van der Waals surface area contributed by atoms with Crippen LogP contribution in [0, 0.1) is 6.92 Å². The first kappa shape index (κ1) is 21.8. The van der Waals surface area contributed by atoms with Crippen molar-refractivity contribution >= 4 is 23.4 Å². The first-order valence-electron chi connectivity index (χ1n) is 9.20. The van der Waals surface area contributed by atoms with E-state index in [1.54, 1.807) is 18.3 Å². The van der Waals surface area contributed by atoms with Crippen molar-refractivity contribution in [1.29, 1.82) is 0 Å². The summed E-state index contributed by atoms with van der Waals surface area (Å²) in [5.41, 5.74) is 1.28. The minimum absolute atomic E-state index is 0.217. The maximum absolute atomic E-state index is 12.2. The highest BCUT2D eigenvalue weighted by Crippen LogP contribution is 2.22. The number of amides is 1. The van der Waals surface area contributed by atoms with Crippen molar-refractivity contribution in [3.05, 3.63) is 65.9 Å². The van der Waals surface area contributed by atoms with Crippen LogP contribution in [0.5, 0.6) is 5.75 Å². The number of benzene rings is 1. The van der Waals surface area contributed by atoms with Gasteiger partial charge in [-0.05, 0) is 61.0 Å². The fraction of sp³-hybridized carbons (Fsp3) is 0.200. The van der Waals surface area contributed by atoms with Crippen LogP contribution in [0.1, 0.15) is 15.9 Å². The second-order valence-corrected chi connectivity index (χ2v) is 6.40. The molecule has 0 aliphatic rings. The van der Waals surface area contributed by atoms with Crippen molar-refractivity contribution in [2.24, 2.45) is 0 Å². The summed E-state index contributed by atoms with van der Waals surface area (Å²) in [6, 6.07) is 11.9. The van der Waals surface area contributed by atoms with Crippen molar-refractivity contribution in [2.45, 2.75) is 13.3 Å². The Balaban J connectivity index is 1.41. The van der Waals surface area contributed by atoms with Gasteiger partial charge in [-0.2, -0.15) is 0 Å². The molecular weight excluding hydrogens is 413 g/mol. The van der Waals surface area contributed by atoms with Gasteiger partial charge in [0.1, 0.15) is 17.4 Å². The van der Waals surface area contributed by atoms with Crippen LogP contribution in [-0.4, -0.2) is 40.5 Å². The van der Waals surface area contributed by atoms with Crippen LogP contribution in [0.25, 0.3) is 0 Å². The number of aryl methyl sites for hydroxylation is 1. The molecule has 0 unspecified atom stereocenters. The lowest BCUT2D eigenvalue weighted by Crippen LogP contribution is -2.28. The number of carbonyl (C=O) groups is 1. The topological polar surface area (TPSA) is 101 Å². The lowest BCUT2D eigenvalue weighted by molar-refractivity contribution is -0.274. The van der Waals surface area contributed by atoms with Gasteiger partial charge in [-0.3, -0.25) is 4.79 Å². The van der Waals surface area contributed by atoms with E-state index >= 15 is 0 Å². The second-order valence-electron chi connectivity index (χ2n) is 6.40. The number of anilines is 3. The van der Waals surface area contributed by atoms with Crippen LogP contribution in [-0.2, 0) is 0 Å². The van der Waals surface area contributed by atoms with E-state index in [1.807, 2.05) is 19.1 Å². The first-order chi connectivity index (χ1) is 14.8. The fourth-order valence-electron chi connectivity index (χ4n) is 2.51. The van der Waals surface area contributed by atoms with Crippen LogP contribution in [0.3, 0.4) is 0 Å². The molecule has 0 aliphatic heterocycles. The molecule has 1 aromatic carbocycles. The molecule has 1 amide bonds. The third kappa shape index (κ3) is 7.14. The molecule has 0 saturated heterocycles. The van der Waals surface area contributed by atoms with Gasteiger partial charge < -0.3 is 20.7 Å². The van der Waals surface area contributed by atoms with Crippen LogP contribution < -0.4 is 20.7 Å². The van der Waals surface area contributed by atoms with Crippen LogP contribution in [0.15, 0.2) is 54.7 Å². The number of hydrogen-bond donors (Lipinski definition) is 3. The molecule has 0 spiro atoms. The van der Waals surface area contributed by atoms with E-state index in [2.05, 4.69) is 35.9 Å². The number of pyridine rings is 1. The Hall–Kier alpha value is -3.89. The van der Waals surface area contributed by atoms with E-state index < -0.39 is 12.3 Å². The van der Waals surface area contributed by atoms with Crippen LogP contribution >= 0.6 is 0 Å². The standard InChI is InChI=1S/C20H19F3N6O2/c1-13-8-9-24-18(12-13)27-17-7-6-16(28-29-17)25-10-11-26-19(30)14-2-4-15(5-3-14)31-20(21,22)23/h2-9,12H,10-11H2,1H3,(H,25,28)(H,26,30)(H,24,27,29). The van der Waals surface area contributed by atoms with Gasteiger partial charge in [0, 0.05) is 24.8 Å².